The van der Waals surface area contributed by atoms with Gasteiger partial charge in [-0.15, -0.1) is 0 Å². The third kappa shape index (κ3) is 2.77. The predicted octanol–water partition coefficient (Wildman–Crippen LogP) is 2.29. The summed E-state index contributed by atoms with van der Waals surface area (Å²) in [5.41, 5.74) is 1.55. The first kappa shape index (κ1) is 11.9. The summed E-state index contributed by atoms with van der Waals surface area (Å²) < 4.78 is 0. The van der Waals surface area contributed by atoms with E-state index in [0.29, 0.717) is 18.7 Å². The van der Waals surface area contributed by atoms with Gasteiger partial charge < -0.3 is 5.32 Å². The number of para-hydroxylation sites is 1. The van der Waals surface area contributed by atoms with Crippen molar-refractivity contribution < 1.29 is 9.63 Å². The molecule has 92 valence electrons. The number of amides is 1. The lowest BCUT2D eigenvalue weighted by molar-refractivity contribution is -0.144. The highest BCUT2D eigenvalue weighted by Crippen LogP contribution is 2.19. The van der Waals surface area contributed by atoms with Crippen molar-refractivity contribution in [2.45, 2.75) is 19.8 Å². The van der Waals surface area contributed by atoms with Gasteiger partial charge in [-0.05, 0) is 31.9 Å². The maximum Gasteiger partial charge on any atom is 0.279 e. The van der Waals surface area contributed by atoms with Gasteiger partial charge in [0.15, 0.2) is 0 Å². The van der Waals surface area contributed by atoms with E-state index < -0.39 is 0 Å². The number of benzene rings is 1. The molecule has 2 rings (SSSR count). The van der Waals surface area contributed by atoms with E-state index >= 15 is 0 Å². The van der Waals surface area contributed by atoms with Crippen LogP contribution >= 0.6 is 0 Å². The van der Waals surface area contributed by atoms with Crippen LogP contribution in [0.15, 0.2) is 24.3 Å². The van der Waals surface area contributed by atoms with E-state index in [2.05, 4.69) is 5.32 Å². The fourth-order valence-corrected chi connectivity index (χ4v) is 1.91. The van der Waals surface area contributed by atoms with Crippen molar-refractivity contribution in [2.75, 3.05) is 25.0 Å². The minimum absolute atomic E-state index is 0.0544. The lowest BCUT2D eigenvalue weighted by atomic mass is 10.1. The van der Waals surface area contributed by atoms with E-state index in [1.54, 1.807) is 0 Å². The Balaban J connectivity index is 2.17. The molecule has 1 aromatic carbocycles. The van der Waals surface area contributed by atoms with E-state index in [4.69, 9.17) is 4.84 Å². The van der Waals surface area contributed by atoms with E-state index in [1.165, 1.54) is 5.06 Å². The second-order valence-corrected chi connectivity index (χ2v) is 4.02. The van der Waals surface area contributed by atoms with Crippen molar-refractivity contribution >= 4 is 11.6 Å². The summed E-state index contributed by atoms with van der Waals surface area (Å²) in [7, 11) is 0. The molecule has 0 atom stereocenters. The Labute approximate surface area is 102 Å². The number of nitrogens with zero attached hydrogens (tertiary/aromatic N) is 1. The first-order chi connectivity index (χ1) is 8.33. The average molecular weight is 234 g/mol. The summed E-state index contributed by atoms with van der Waals surface area (Å²) in [4.78, 5) is 17.6. The molecule has 0 saturated carbocycles. The number of anilines is 1. The maximum atomic E-state index is 12.3. The molecule has 1 heterocycles. The van der Waals surface area contributed by atoms with Crippen molar-refractivity contribution in [1.29, 1.82) is 0 Å². The van der Waals surface area contributed by atoms with E-state index in [9.17, 15) is 4.79 Å². The number of rotatable bonds is 3. The Hall–Kier alpha value is -1.55. The molecule has 1 aliphatic heterocycles. The van der Waals surface area contributed by atoms with Gasteiger partial charge in [-0.25, -0.2) is 5.06 Å². The second-order valence-electron chi connectivity index (χ2n) is 4.02. The van der Waals surface area contributed by atoms with Gasteiger partial charge in [-0.3, -0.25) is 9.63 Å². The number of hydrogen-bond donors (Lipinski definition) is 1. The molecule has 1 N–H and O–H groups in total. The van der Waals surface area contributed by atoms with Crippen LogP contribution in [0.2, 0.25) is 0 Å². The smallest absolute Gasteiger partial charge is 0.279 e. The lowest BCUT2D eigenvalue weighted by Gasteiger charge is -2.26. The molecule has 1 amide bonds. The third-order valence-electron chi connectivity index (χ3n) is 2.75. The van der Waals surface area contributed by atoms with Crippen molar-refractivity contribution in [1.82, 2.24) is 5.06 Å². The highest BCUT2D eigenvalue weighted by atomic mass is 16.7. The third-order valence-corrected chi connectivity index (χ3v) is 2.75. The molecule has 1 fully saturated rings. The minimum atomic E-state index is -0.0544. The predicted molar refractivity (Wildman–Crippen MR) is 66.8 cm³/mol. The van der Waals surface area contributed by atoms with Crippen LogP contribution in [0.5, 0.6) is 0 Å². The average Bonchev–Trinajstić information content (AvgIpc) is 2.40. The Kier molecular flexibility index (Phi) is 3.98. The highest BCUT2D eigenvalue weighted by Gasteiger charge is 2.21. The van der Waals surface area contributed by atoms with Crippen LogP contribution < -0.4 is 5.32 Å². The van der Waals surface area contributed by atoms with Crippen molar-refractivity contribution in [3.05, 3.63) is 29.8 Å². The molecule has 0 bridgehead atoms. The Morgan fingerprint density at radius 3 is 2.94 bits per heavy atom. The molecule has 0 spiro atoms. The summed E-state index contributed by atoms with van der Waals surface area (Å²) in [6.07, 6.45) is 2.04. The van der Waals surface area contributed by atoms with E-state index in [1.807, 2.05) is 31.2 Å². The maximum absolute atomic E-state index is 12.3. The number of hydroxylamine groups is 2. The SMILES string of the molecule is CCNc1ccccc1C(=O)N1CCCCO1. The summed E-state index contributed by atoms with van der Waals surface area (Å²) in [5, 5.41) is 4.66. The number of nitrogens with one attached hydrogen (secondary N) is 1. The molecule has 4 nitrogen and oxygen atoms in total. The lowest BCUT2D eigenvalue weighted by Crippen LogP contribution is -2.36. The minimum Gasteiger partial charge on any atom is -0.385 e. The quantitative estimate of drug-likeness (QED) is 0.872. The van der Waals surface area contributed by atoms with Gasteiger partial charge in [0.2, 0.25) is 0 Å². The van der Waals surface area contributed by atoms with E-state index in [0.717, 1.165) is 25.1 Å². The van der Waals surface area contributed by atoms with Crippen molar-refractivity contribution in [2.24, 2.45) is 0 Å². The normalized spacial score (nSPS) is 15.7. The Bertz CT molecular complexity index is 387. The van der Waals surface area contributed by atoms with Gasteiger partial charge >= 0.3 is 0 Å². The first-order valence-electron chi connectivity index (χ1n) is 6.10. The molecular formula is C13H18N2O2. The molecule has 0 aromatic heterocycles. The van der Waals surface area contributed by atoms with Crippen LogP contribution in [0.4, 0.5) is 5.69 Å². The zero-order chi connectivity index (χ0) is 12.1. The van der Waals surface area contributed by atoms with Crippen LogP contribution in [-0.4, -0.2) is 30.7 Å². The molecule has 1 saturated heterocycles. The largest absolute Gasteiger partial charge is 0.385 e. The number of hydrogen-bond acceptors (Lipinski definition) is 3. The number of carbonyl (C=O) groups is 1. The first-order valence-corrected chi connectivity index (χ1v) is 6.10. The van der Waals surface area contributed by atoms with Crippen LogP contribution in [0.1, 0.15) is 30.1 Å². The van der Waals surface area contributed by atoms with Crippen LogP contribution in [0, 0.1) is 0 Å². The van der Waals surface area contributed by atoms with Crippen LogP contribution in [-0.2, 0) is 4.84 Å². The Morgan fingerprint density at radius 1 is 1.41 bits per heavy atom. The molecule has 1 aromatic rings. The summed E-state index contributed by atoms with van der Waals surface area (Å²) >= 11 is 0. The zero-order valence-electron chi connectivity index (χ0n) is 10.1. The zero-order valence-corrected chi connectivity index (χ0v) is 10.1. The van der Waals surface area contributed by atoms with Crippen LogP contribution in [0.25, 0.3) is 0 Å². The highest BCUT2D eigenvalue weighted by molar-refractivity contribution is 5.99. The van der Waals surface area contributed by atoms with Gasteiger partial charge in [0.25, 0.3) is 5.91 Å². The molecule has 4 heteroatoms. The summed E-state index contributed by atoms with van der Waals surface area (Å²) in [6, 6.07) is 7.54. The van der Waals surface area contributed by atoms with Crippen molar-refractivity contribution in [3.63, 3.8) is 0 Å². The fraction of sp³-hybridized carbons (Fsp3) is 0.462. The number of carbonyl (C=O) groups excluding carboxylic acids is 1. The van der Waals surface area contributed by atoms with Gasteiger partial charge in [0.1, 0.15) is 0 Å². The Morgan fingerprint density at radius 2 is 2.24 bits per heavy atom. The molecular weight excluding hydrogens is 216 g/mol. The molecule has 0 radical (unpaired) electrons. The van der Waals surface area contributed by atoms with Gasteiger partial charge in [0.05, 0.1) is 12.2 Å². The standard InChI is InChI=1S/C13H18N2O2/c1-2-14-12-8-4-3-7-11(12)13(16)15-9-5-6-10-17-15/h3-4,7-8,14H,2,5-6,9-10H2,1H3. The van der Waals surface area contributed by atoms with E-state index in [-0.39, 0.29) is 5.91 Å². The molecule has 0 unspecified atom stereocenters. The summed E-state index contributed by atoms with van der Waals surface area (Å²) in [6.45, 7) is 4.12. The molecule has 0 aliphatic carbocycles. The fourth-order valence-electron chi connectivity index (χ4n) is 1.91. The second kappa shape index (κ2) is 5.68. The topological polar surface area (TPSA) is 41.6 Å². The monoisotopic (exact) mass is 234 g/mol. The summed E-state index contributed by atoms with van der Waals surface area (Å²) in [5.74, 6) is -0.0544. The van der Waals surface area contributed by atoms with Gasteiger partial charge in [-0.1, -0.05) is 12.1 Å². The van der Waals surface area contributed by atoms with Gasteiger partial charge in [-0.2, -0.15) is 0 Å². The van der Waals surface area contributed by atoms with Gasteiger partial charge in [0, 0.05) is 18.8 Å². The van der Waals surface area contributed by atoms with Crippen LogP contribution in [0.3, 0.4) is 0 Å². The molecule has 17 heavy (non-hydrogen) atoms. The van der Waals surface area contributed by atoms with Crippen molar-refractivity contribution in [3.8, 4) is 0 Å². The molecule has 1 aliphatic rings.